The van der Waals surface area contributed by atoms with Crippen molar-refractivity contribution in [2.75, 3.05) is 13.2 Å². The standard InChI is InChI=1S/C20H21N3O2/c1-22-13-17(12-21-22)19-7-4-10-23(19)20(24)14-25-18-9-8-15-5-2-3-6-16(15)11-18/h2-3,5-6,8-9,11-13,19H,4,7,10,14H2,1H3/t19-/m0/s1. The third kappa shape index (κ3) is 3.22. The van der Waals surface area contributed by atoms with Crippen LogP contribution >= 0.6 is 0 Å². The number of aromatic nitrogens is 2. The van der Waals surface area contributed by atoms with Crippen LogP contribution in [0.15, 0.2) is 54.9 Å². The molecule has 1 amide bonds. The highest BCUT2D eigenvalue weighted by Crippen LogP contribution is 2.31. The van der Waals surface area contributed by atoms with Gasteiger partial charge < -0.3 is 9.64 Å². The van der Waals surface area contributed by atoms with Gasteiger partial charge in [0.15, 0.2) is 6.61 Å². The molecule has 1 aliphatic heterocycles. The van der Waals surface area contributed by atoms with Crippen molar-refractivity contribution in [1.82, 2.24) is 14.7 Å². The van der Waals surface area contributed by atoms with Crippen LogP contribution in [0.2, 0.25) is 0 Å². The highest BCUT2D eigenvalue weighted by molar-refractivity contribution is 5.84. The summed E-state index contributed by atoms with van der Waals surface area (Å²) in [6.07, 6.45) is 5.83. The van der Waals surface area contributed by atoms with Crippen molar-refractivity contribution in [3.63, 3.8) is 0 Å². The number of nitrogens with zero attached hydrogens (tertiary/aromatic N) is 3. The molecule has 0 radical (unpaired) electrons. The van der Waals surface area contributed by atoms with Crippen molar-refractivity contribution in [2.24, 2.45) is 7.05 Å². The lowest BCUT2D eigenvalue weighted by atomic mass is 10.1. The van der Waals surface area contributed by atoms with Gasteiger partial charge >= 0.3 is 0 Å². The first-order chi connectivity index (χ1) is 12.2. The number of likely N-dealkylation sites (tertiary alicyclic amines) is 1. The molecule has 1 aliphatic rings. The van der Waals surface area contributed by atoms with E-state index in [1.54, 1.807) is 4.68 Å². The minimum Gasteiger partial charge on any atom is -0.484 e. The Morgan fingerprint density at radius 2 is 2.08 bits per heavy atom. The van der Waals surface area contributed by atoms with E-state index in [1.807, 2.05) is 60.7 Å². The highest BCUT2D eigenvalue weighted by atomic mass is 16.5. The number of hydrogen-bond donors (Lipinski definition) is 0. The summed E-state index contributed by atoms with van der Waals surface area (Å²) in [7, 11) is 1.90. The molecule has 2 aromatic carbocycles. The number of carbonyl (C=O) groups excluding carboxylic acids is 1. The second-order valence-electron chi connectivity index (χ2n) is 6.49. The lowest BCUT2D eigenvalue weighted by Gasteiger charge is -2.24. The fraction of sp³-hybridized carbons (Fsp3) is 0.300. The number of benzene rings is 2. The maximum atomic E-state index is 12.6. The van der Waals surface area contributed by atoms with Gasteiger partial charge in [-0.3, -0.25) is 9.48 Å². The molecule has 1 saturated heterocycles. The number of fused-ring (bicyclic) bond motifs is 1. The molecule has 25 heavy (non-hydrogen) atoms. The SMILES string of the molecule is Cn1cc([C@@H]2CCCN2C(=O)COc2ccc3ccccc3c2)cn1. The minimum absolute atomic E-state index is 0.0273. The monoisotopic (exact) mass is 335 g/mol. The Morgan fingerprint density at radius 3 is 2.88 bits per heavy atom. The van der Waals surface area contributed by atoms with Crippen molar-refractivity contribution in [2.45, 2.75) is 18.9 Å². The van der Waals surface area contributed by atoms with Gasteiger partial charge in [-0.15, -0.1) is 0 Å². The van der Waals surface area contributed by atoms with E-state index >= 15 is 0 Å². The van der Waals surface area contributed by atoms with Crippen molar-refractivity contribution in [1.29, 1.82) is 0 Å². The molecule has 0 aliphatic carbocycles. The zero-order valence-electron chi connectivity index (χ0n) is 14.3. The van der Waals surface area contributed by atoms with Crippen LogP contribution in [0.1, 0.15) is 24.4 Å². The Hall–Kier alpha value is -2.82. The third-order valence-corrected chi connectivity index (χ3v) is 4.77. The van der Waals surface area contributed by atoms with E-state index in [1.165, 1.54) is 0 Å². The summed E-state index contributed by atoms with van der Waals surface area (Å²) >= 11 is 0. The molecule has 1 fully saturated rings. The van der Waals surface area contributed by atoms with E-state index in [0.29, 0.717) is 0 Å². The Bertz CT molecular complexity index is 903. The number of amides is 1. The van der Waals surface area contributed by atoms with Gasteiger partial charge in [0.25, 0.3) is 5.91 Å². The van der Waals surface area contributed by atoms with Gasteiger partial charge in [-0.2, -0.15) is 5.10 Å². The lowest BCUT2D eigenvalue weighted by molar-refractivity contribution is -0.134. The topological polar surface area (TPSA) is 47.4 Å². The van der Waals surface area contributed by atoms with Gasteiger partial charge in [-0.1, -0.05) is 30.3 Å². The van der Waals surface area contributed by atoms with Crippen LogP contribution < -0.4 is 4.74 Å². The average Bonchev–Trinajstić information content (AvgIpc) is 3.28. The summed E-state index contributed by atoms with van der Waals surface area (Å²) in [4.78, 5) is 14.6. The summed E-state index contributed by atoms with van der Waals surface area (Å²) in [5.74, 6) is 0.753. The van der Waals surface area contributed by atoms with Crippen molar-refractivity contribution < 1.29 is 9.53 Å². The zero-order valence-corrected chi connectivity index (χ0v) is 14.3. The molecule has 0 spiro atoms. The first-order valence-corrected chi connectivity index (χ1v) is 8.60. The smallest absolute Gasteiger partial charge is 0.261 e. The van der Waals surface area contributed by atoms with Gasteiger partial charge in [0.05, 0.1) is 12.2 Å². The van der Waals surface area contributed by atoms with Crippen LogP contribution in [0.4, 0.5) is 0 Å². The maximum absolute atomic E-state index is 12.6. The molecule has 4 rings (SSSR count). The zero-order chi connectivity index (χ0) is 17.2. The van der Waals surface area contributed by atoms with Crippen LogP contribution in [-0.4, -0.2) is 33.7 Å². The quantitative estimate of drug-likeness (QED) is 0.735. The van der Waals surface area contributed by atoms with E-state index in [-0.39, 0.29) is 18.6 Å². The number of ether oxygens (including phenoxy) is 1. The summed E-state index contributed by atoms with van der Waals surface area (Å²) < 4.78 is 7.55. The number of carbonyl (C=O) groups is 1. The van der Waals surface area contributed by atoms with Gasteiger partial charge in [-0.25, -0.2) is 0 Å². The van der Waals surface area contributed by atoms with E-state index < -0.39 is 0 Å². The predicted molar refractivity (Wildman–Crippen MR) is 96.3 cm³/mol. The molecule has 0 unspecified atom stereocenters. The Labute approximate surface area is 146 Å². The number of rotatable bonds is 4. The van der Waals surface area contributed by atoms with Gasteiger partial charge in [0.1, 0.15) is 5.75 Å². The van der Waals surface area contributed by atoms with Crippen LogP contribution in [0.5, 0.6) is 5.75 Å². The predicted octanol–water partition coefficient (Wildman–Crippen LogP) is 3.32. The Balaban J connectivity index is 1.43. The fourth-order valence-corrected chi connectivity index (χ4v) is 3.51. The van der Waals surface area contributed by atoms with Gasteiger partial charge in [0, 0.05) is 25.4 Å². The van der Waals surface area contributed by atoms with E-state index in [2.05, 4.69) is 11.2 Å². The molecule has 5 nitrogen and oxygen atoms in total. The summed E-state index contributed by atoms with van der Waals surface area (Å²) in [6.45, 7) is 0.842. The van der Waals surface area contributed by atoms with Crippen LogP contribution in [-0.2, 0) is 11.8 Å². The maximum Gasteiger partial charge on any atom is 0.261 e. The second kappa shape index (κ2) is 6.59. The molecule has 2 heterocycles. The second-order valence-corrected chi connectivity index (χ2v) is 6.49. The lowest BCUT2D eigenvalue weighted by Crippen LogP contribution is -2.34. The van der Waals surface area contributed by atoms with Gasteiger partial charge in [0.2, 0.25) is 0 Å². The van der Waals surface area contributed by atoms with Crippen LogP contribution in [0.25, 0.3) is 10.8 Å². The molecule has 0 bridgehead atoms. The largest absolute Gasteiger partial charge is 0.484 e. The molecule has 128 valence electrons. The van der Waals surface area contributed by atoms with Crippen LogP contribution in [0, 0.1) is 0 Å². The summed E-state index contributed by atoms with van der Waals surface area (Å²) in [5.41, 5.74) is 1.10. The molecule has 0 saturated carbocycles. The Morgan fingerprint density at radius 1 is 1.24 bits per heavy atom. The normalized spacial score (nSPS) is 17.2. The van der Waals surface area contributed by atoms with E-state index in [9.17, 15) is 4.79 Å². The van der Waals surface area contributed by atoms with E-state index in [4.69, 9.17) is 4.74 Å². The first kappa shape index (κ1) is 15.7. The first-order valence-electron chi connectivity index (χ1n) is 8.60. The highest BCUT2D eigenvalue weighted by Gasteiger charge is 2.30. The van der Waals surface area contributed by atoms with Crippen molar-refractivity contribution >= 4 is 16.7 Å². The van der Waals surface area contributed by atoms with Crippen LogP contribution in [0.3, 0.4) is 0 Å². The van der Waals surface area contributed by atoms with E-state index in [0.717, 1.165) is 41.5 Å². The minimum atomic E-state index is 0.0273. The summed E-state index contributed by atoms with van der Waals surface area (Å²) in [5, 5.41) is 6.50. The molecule has 3 aromatic rings. The Kier molecular flexibility index (Phi) is 4.14. The summed E-state index contributed by atoms with van der Waals surface area (Å²) in [6, 6.07) is 14.1. The molecule has 5 heteroatoms. The molecular weight excluding hydrogens is 314 g/mol. The molecule has 1 aromatic heterocycles. The fourth-order valence-electron chi connectivity index (χ4n) is 3.51. The number of hydrogen-bond acceptors (Lipinski definition) is 3. The average molecular weight is 335 g/mol. The van der Waals surface area contributed by atoms with Gasteiger partial charge in [-0.05, 0) is 35.7 Å². The van der Waals surface area contributed by atoms with Crippen molar-refractivity contribution in [3.8, 4) is 5.75 Å². The third-order valence-electron chi connectivity index (χ3n) is 4.77. The molecule has 0 N–H and O–H groups in total. The number of aryl methyl sites for hydroxylation is 1. The molecule has 1 atom stereocenters. The molecular formula is C20H21N3O2. The van der Waals surface area contributed by atoms with Crippen molar-refractivity contribution in [3.05, 3.63) is 60.4 Å².